The molecule has 0 saturated carbocycles. The molecule has 0 radical (unpaired) electrons. The minimum Gasteiger partial charge on any atom is -0.479 e. The van der Waals surface area contributed by atoms with Crippen molar-refractivity contribution < 1.29 is 28.6 Å². The summed E-state index contributed by atoms with van der Waals surface area (Å²) < 4.78 is 23.2. The molecule has 2 amide bonds. The molecule has 0 aromatic heterocycles. The Hall–Kier alpha value is -1.44. The van der Waals surface area contributed by atoms with E-state index in [0.717, 1.165) is 0 Å². The van der Waals surface area contributed by atoms with Gasteiger partial charge in [-0.05, 0) is 0 Å². The SMILES string of the molecule is O=C(NCC[C@H](O)C(=O)O)NCC(F)F. The molecule has 0 saturated heterocycles. The van der Waals surface area contributed by atoms with E-state index in [1.54, 1.807) is 0 Å². The molecule has 0 unspecified atom stereocenters. The second kappa shape index (κ2) is 6.93. The van der Waals surface area contributed by atoms with Crippen LogP contribution in [-0.2, 0) is 4.79 Å². The van der Waals surface area contributed by atoms with Crippen LogP contribution in [0.2, 0.25) is 0 Å². The lowest BCUT2D eigenvalue weighted by molar-refractivity contribution is -0.146. The highest BCUT2D eigenvalue weighted by atomic mass is 19.3. The molecule has 6 nitrogen and oxygen atoms in total. The third-order valence-corrected chi connectivity index (χ3v) is 1.41. The maximum absolute atomic E-state index is 11.6. The van der Waals surface area contributed by atoms with Crippen molar-refractivity contribution in [3.05, 3.63) is 0 Å². The largest absolute Gasteiger partial charge is 0.479 e. The summed E-state index contributed by atoms with van der Waals surface area (Å²) in [4.78, 5) is 20.8. The molecule has 1 atom stereocenters. The van der Waals surface area contributed by atoms with Crippen molar-refractivity contribution in [1.82, 2.24) is 10.6 Å². The zero-order valence-corrected chi connectivity index (χ0v) is 7.74. The summed E-state index contributed by atoms with van der Waals surface area (Å²) in [6.07, 6.45) is -4.39. The van der Waals surface area contributed by atoms with Crippen molar-refractivity contribution in [1.29, 1.82) is 0 Å². The number of aliphatic hydroxyl groups excluding tert-OH is 1. The first-order valence-corrected chi connectivity index (χ1v) is 4.14. The number of amides is 2. The van der Waals surface area contributed by atoms with Crippen LogP contribution in [0.1, 0.15) is 6.42 Å². The average molecular weight is 226 g/mol. The van der Waals surface area contributed by atoms with Crippen molar-refractivity contribution in [3.8, 4) is 0 Å². The molecule has 0 aliphatic rings. The molecule has 0 aliphatic carbocycles. The lowest BCUT2D eigenvalue weighted by Crippen LogP contribution is -2.39. The fraction of sp³-hybridized carbons (Fsp3) is 0.714. The van der Waals surface area contributed by atoms with Gasteiger partial charge in [0.1, 0.15) is 0 Å². The van der Waals surface area contributed by atoms with Crippen LogP contribution in [0.4, 0.5) is 13.6 Å². The van der Waals surface area contributed by atoms with Crippen LogP contribution in [0.5, 0.6) is 0 Å². The minimum atomic E-state index is -2.64. The van der Waals surface area contributed by atoms with Gasteiger partial charge in [-0.15, -0.1) is 0 Å². The number of hydrogen-bond donors (Lipinski definition) is 4. The summed E-state index contributed by atoms with van der Waals surface area (Å²) in [7, 11) is 0. The Labute approximate surface area is 84.3 Å². The number of aliphatic carboxylic acids is 1. The van der Waals surface area contributed by atoms with E-state index in [1.165, 1.54) is 0 Å². The number of rotatable bonds is 6. The van der Waals surface area contributed by atoms with Crippen LogP contribution in [0.15, 0.2) is 0 Å². The summed E-state index contributed by atoms with van der Waals surface area (Å²) >= 11 is 0. The highest BCUT2D eigenvalue weighted by Crippen LogP contribution is 1.90. The van der Waals surface area contributed by atoms with Gasteiger partial charge in [-0.25, -0.2) is 18.4 Å². The Kier molecular flexibility index (Phi) is 6.27. The Bertz CT molecular complexity index is 225. The van der Waals surface area contributed by atoms with E-state index >= 15 is 0 Å². The van der Waals surface area contributed by atoms with Crippen LogP contribution in [0.3, 0.4) is 0 Å². The number of nitrogens with one attached hydrogen (secondary N) is 2. The van der Waals surface area contributed by atoms with Crippen molar-refractivity contribution in [2.24, 2.45) is 0 Å². The fourth-order valence-electron chi connectivity index (χ4n) is 0.678. The van der Waals surface area contributed by atoms with E-state index in [0.29, 0.717) is 0 Å². The molecule has 0 fully saturated rings. The number of alkyl halides is 2. The minimum absolute atomic E-state index is 0.109. The zero-order chi connectivity index (χ0) is 11.8. The highest BCUT2D eigenvalue weighted by molar-refractivity contribution is 5.74. The van der Waals surface area contributed by atoms with E-state index in [-0.39, 0.29) is 13.0 Å². The molecule has 15 heavy (non-hydrogen) atoms. The number of halogens is 2. The summed E-state index contributed by atoms with van der Waals surface area (Å²) in [5.41, 5.74) is 0. The zero-order valence-electron chi connectivity index (χ0n) is 7.74. The van der Waals surface area contributed by atoms with Gasteiger partial charge in [0.15, 0.2) is 6.10 Å². The van der Waals surface area contributed by atoms with Gasteiger partial charge in [0.2, 0.25) is 0 Å². The Morgan fingerprint density at radius 3 is 2.33 bits per heavy atom. The summed E-state index contributed by atoms with van der Waals surface area (Å²) in [6.45, 7) is -0.879. The van der Waals surface area contributed by atoms with Crippen LogP contribution in [-0.4, -0.2) is 47.8 Å². The van der Waals surface area contributed by atoms with E-state index < -0.39 is 31.1 Å². The lowest BCUT2D eigenvalue weighted by atomic mass is 10.2. The number of urea groups is 1. The van der Waals surface area contributed by atoms with E-state index in [9.17, 15) is 18.4 Å². The molecule has 0 spiro atoms. The first-order chi connectivity index (χ1) is 6.93. The average Bonchev–Trinajstić information content (AvgIpc) is 2.14. The second-order valence-corrected chi connectivity index (χ2v) is 2.67. The summed E-state index contributed by atoms with van der Waals surface area (Å²) in [5.74, 6) is -1.40. The molecule has 88 valence electrons. The van der Waals surface area contributed by atoms with Gasteiger partial charge in [-0.2, -0.15) is 0 Å². The Morgan fingerprint density at radius 2 is 1.87 bits per heavy atom. The topological polar surface area (TPSA) is 98.7 Å². The monoisotopic (exact) mass is 226 g/mol. The van der Waals surface area contributed by atoms with Gasteiger partial charge in [-0.1, -0.05) is 0 Å². The molecule has 0 heterocycles. The fourth-order valence-corrected chi connectivity index (χ4v) is 0.678. The molecule has 0 aromatic carbocycles. The van der Waals surface area contributed by atoms with Gasteiger partial charge in [0, 0.05) is 13.0 Å². The highest BCUT2D eigenvalue weighted by Gasteiger charge is 2.13. The number of carbonyl (C=O) groups is 2. The van der Waals surface area contributed by atoms with Gasteiger partial charge in [0.25, 0.3) is 6.43 Å². The number of hydrogen-bond acceptors (Lipinski definition) is 3. The number of carboxylic acid groups (broad SMARTS) is 1. The number of carboxylic acids is 1. The van der Waals surface area contributed by atoms with Gasteiger partial charge in [0.05, 0.1) is 6.54 Å². The van der Waals surface area contributed by atoms with Gasteiger partial charge >= 0.3 is 12.0 Å². The first kappa shape index (κ1) is 13.6. The van der Waals surface area contributed by atoms with Crippen LogP contribution >= 0.6 is 0 Å². The number of carbonyl (C=O) groups excluding carboxylic acids is 1. The van der Waals surface area contributed by atoms with Crippen molar-refractivity contribution in [2.45, 2.75) is 19.0 Å². The van der Waals surface area contributed by atoms with Crippen LogP contribution in [0, 0.1) is 0 Å². The normalized spacial score (nSPS) is 12.3. The van der Waals surface area contributed by atoms with E-state index in [2.05, 4.69) is 5.32 Å². The molecule has 0 aliphatic heterocycles. The third-order valence-electron chi connectivity index (χ3n) is 1.41. The molecular weight excluding hydrogens is 214 g/mol. The van der Waals surface area contributed by atoms with Crippen LogP contribution in [0.25, 0.3) is 0 Å². The molecule has 0 bridgehead atoms. The standard InChI is InChI=1S/C7H12F2N2O4/c8-5(9)3-11-7(15)10-2-1-4(12)6(13)14/h4-5,12H,1-3H2,(H,13,14)(H2,10,11,15)/t4-/m0/s1. The predicted molar refractivity (Wildman–Crippen MR) is 45.7 cm³/mol. The maximum atomic E-state index is 11.6. The predicted octanol–water partition coefficient (Wildman–Crippen LogP) is -0.614. The molecule has 8 heteroatoms. The second-order valence-electron chi connectivity index (χ2n) is 2.67. The number of aliphatic hydroxyl groups is 1. The van der Waals surface area contributed by atoms with Crippen molar-refractivity contribution in [2.75, 3.05) is 13.1 Å². The van der Waals surface area contributed by atoms with Crippen molar-refractivity contribution in [3.63, 3.8) is 0 Å². The molecule has 4 N–H and O–H groups in total. The molecule has 0 aromatic rings. The lowest BCUT2D eigenvalue weighted by Gasteiger charge is -2.08. The smallest absolute Gasteiger partial charge is 0.332 e. The third kappa shape index (κ3) is 7.62. The maximum Gasteiger partial charge on any atom is 0.332 e. The van der Waals surface area contributed by atoms with Crippen LogP contribution < -0.4 is 10.6 Å². The quantitative estimate of drug-likeness (QED) is 0.485. The Morgan fingerprint density at radius 1 is 1.27 bits per heavy atom. The Balaban J connectivity index is 3.51. The summed E-state index contributed by atoms with van der Waals surface area (Å²) in [6, 6.07) is -0.826. The summed E-state index contributed by atoms with van der Waals surface area (Å²) in [5, 5.41) is 21.0. The van der Waals surface area contributed by atoms with E-state index in [1.807, 2.05) is 5.32 Å². The molecule has 0 rings (SSSR count). The van der Waals surface area contributed by atoms with Gasteiger partial charge in [-0.3, -0.25) is 0 Å². The van der Waals surface area contributed by atoms with E-state index in [4.69, 9.17) is 10.2 Å². The first-order valence-electron chi connectivity index (χ1n) is 4.14. The molecular formula is C7H12F2N2O4. The van der Waals surface area contributed by atoms with Crippen molar-refractivity contribution >= 4 is 12.0 Å². The van der Waals surface area contributed by atoms with Gasteiger partial charge < -0.3 is 20.8 Å².